The number of rotatable bonds is 2. The molecule has 0 saturated heterocycles. The fourth-order valence-electron chi connectivity index (χ4n) is 2.49. The maximum atomic E-state index is 12.2. The van der Waals surface area contributed by atoms with Gasteiger partial charge in [-0.15, -0.1) is 0 Å². The molecule has 1 aromatic heterocycles. The van der Waals surface area contributed by atoms with E-state index in [2.05, 4.69) is 18.2 Å². The Bertz CT molecular complexity index is 655. The number of benzene rings is 1. The zero-order chi connectivity index (χ0) is 13.9. The fraction of sp³-hybridized carbons (Fsp3) is 0.235. The zero-order valence-corrected chi connectivity index (χ0v) is 11.5. The van der Waals surface area contributed by atoms with Crippen molar-refractivity contribution in [2.24, 2.45) is 0 Å². The van der Waals surface area contributed by atoms with E-state index in [0.29, 0.717) is 12.3 Å². The van der Waals surface area contributed by atoms with E-state index in [1.54, 1.807) is 12.2 Å². The van der Waals surface area contributed by atoms with Crippen LogP contribution in [0.1, 0.15) is 22.6 Å². The van der Waals surface area contributed by atoms with Crippen LogP contribution in [0.4, 0.5) is 0 Å². The first-order chi connectivity index (χ1) is 9.72. The van der Waals surface area contributed by atoms with E-state index in [-0.39, 0.29) is 5.91 Å². The Hall–Kier alpha value is -2.29. The minimum atomic E-state index is 0.0357. The van der Waals surface area contributed by atoms with Gasteiger partial charge >= 0.3 is 0 Å². The molecule has 0 atom stereocenters. The molecule has 0 fully saturated rings. The molecule has 0 bridgehead atoms. The SMILES string of the molecule is Cc1ccc(C=CC(=O)N2CCc3ccccc3C2)o1. The number of carbonyl (C=O) groups excluding carboxylic acids is 1. The second-order valence-electron chi connectivity index (χ2n) is 5.06. The molecule has 2 heterocycles. The van der Waals surface area contributed by atoms with Gasteiger partial charge in [-0.1, -0.05) is 24.3 Å². The molecule has 3 rings (SSSR count). The number of nitrogens with zero attached hydrogens (tertiary/aromatic N) is 1. The Labute approximate surface area is 118 Å². The van der Waals surface area contributed by atoms with Crippen molar-refractivity contribution >= 4 is 12.0 Å². The summed E-state index contributed by atoms with van der Waals surface area (Å²) in [5, 5.41) is 0. The van der Waals surface area contributed by atoms with Crippen LogP contribution in [0.25, 0.3) is 6.08 Å². The summed E-state index contributed by atoms with van der Waals surface area (Å²) in [5.41, 5.74) is 2.59. The molecular weight excluding hydrogens is 250 g/mol. The summed E-state index contributed by atoms with van der Waals surface area (Å²) < 4.78 is 5.42. The van der Waals surface area contributed by atoms with Gasteiger partial charge in [0.1, 0.15) is 11.5 Å². The molecule has 0 radical (unpaired) electrons. The summed E-state index contributed by atoms with van der Waals surface area (Å²) >= 11 is 0. The van der Waals surface area contributed by atoms with Crippen LogP contribution in [0.5, 0.6) is 0 Å². The topological polar surface area (TPSA) is 33.5 Å². The van der Waals surface area contributed by atoms with Crippen LogP contribution in [0, 0.1) is 6.92 Å². The number of furan rings is 1. The second kappa shape index (κ2) is 5.37. The van der Waals surface area contributed by atoms with E-state index in [4.69, 9.17) is 4.42 Å². The average molecular weight is 267 g/mol. The van der Waals surface area contributed by atoms with E-state index in [1.807, 2.05) is 30.0 Å². The van der Waals surface area contributed by atoms with Crippen molar-refractivity contribution in [2.75, 3.05) is 6.54 Å². The lowest BCUT2D eigenvalue weighted by Gasteiger charge is -2.27. The number of carbonyl (C=O) groups is 1. The van der Waals surface area contributed by atoms with Gasteiger partial charge in [0.05, 0.1) is 0 Å². The molecule has 0 unspecified atom stereocenters. The maximum Gasteiger partial charge on any atom is 0.246 e. The summed E-state index contributed by atoms with van der Waals surface area (Å²) in [6.45, 7) is 3.36. The summed E-state index contributed by atoms with van der Waals surface area (Å²) in [5.74, 6) is 1.60. The van der Waals surface area contributed by atoms with E-state index < -0.39 is 0 Å². The van der Waals surface area contributed by atoms with Gasteiger partial charge in [0.25, 0.3) is 0 Å². The Morgan fingerprint density at radius 1 is 1.20 bits per heavy atom. The fourth-order valence-corrected chi connectivity index (χ4v) is 2.49. The Kier molecular flexibility index (Phi) is 3.42. The third-order valence-electron chi connectivity index (χ3n) is 3.59. The molecule has 0 saturated carbocycles. The lowest BCUT2D eigenvalue weighted by molar-refractivity contribution is -0.126. The van der Waals surface area contributed by atoms with Gasteiger partial charge in [0, 0.05) is 19.2 Å². The third kappa shape index (κ3) is 2.67. The molecule has 3 heteroatoms. The number of fused-ring (bicyclic) bond motifs is 1. The average Bonchev–Trinajstić information content (AvgIpc) is 2.90. The summed E-state index contributed by atoms with van der Waals surface area (Å²) in [4.78, 5) is 14.1. The van der Waals surface area contributed by atoms with Crippen LogP contribution in [0.15, 0.2) is 46.9 Å². The molecule has 0 N–H and O–H groups in total. The quantitative estimate of drug-likeness (QED) is 0.783. The molecule has 20 heavy (non-hydrogen) atoms. The Morgan fingerprint density at radius 2 is 2.00 bits per heavy atom. The van der Waals surface area contributed by atoms with Crippen LogP contribution in [0.3, 0.4) is 0 Å². The molecule has 102 valence electrons. The highest BCUT2D eigenvalue weighted by atomic mass is 16.3. The number of aryl methyl sites for hydroxylation is 1. The first-order valence-electron chi connectivity index (χ1n) is 6.82. The van der Waals surface area contributed by atoms with Crippen LogP contribution in [0.2, 0.25) is 0 Å². The Balaban J connectivity index is 1.68. The molecule has 1 aliphatic heterocycles. The lowest BCUT2D eigenvalue weighted by atomic mass is 10.00. The molecular formula is C17H17NO2. The smallest absolute Gasteiger partial charge is 0.246 e. The van der Waals surface area contributed by atoms with Crippen molar-refractivity contribution < 1.29 is 9.21 Å². The molecule has 0 aliphatic carbocycles. The van der Waals surface area contributed by atoms with Crippen LogP contribution in [-0.4, -0.2) is 17.4 Å². The van der Waals surface area contributed by atoms with Gasteiger partial charge in [-0.05, 0) is 42.7 Å². The van der Waals surface area contributed by atoms with Crippen molar-refractivity contribution in [3.8, 4) is 0 Å². The summed E-state index contributed by atoms with van der Waals surface area (Å²) in [6, 6.07) is 12.1. The molecule has 1 amide bonds. The van der Waals surface area contributed by atoms with Gasteiger partial charge in [0.15, 0.2) is 0 Å². The summed E-state index contributed by atoms with van der Waals surface area (Å²) in [6.07, 6.45) is 4.25. The Morgan fingerprint density at radius 3 is 2.75 bits per heavy atom. The maximum absolute atomic E-state index is 12.2. The molecule has 1 aromatic carbocycles. The molecule has 3 nitrogen and oxygen atoms in total. The van der Waals surface area contributed by atoms with Crippen molar-refractivity contribution in [3.05, 3.63) is 65.1 Å². The van der Waals surface area contributed by atoms with Gasteiger partial charge < -0.3 is 9.32 Å². The normalized spacial score (nSPS) is 14.6. The standard InChI is InChI=1S/C17H17NO2/c1-13-6-7-16(20-13)8-9-17(19)18-11-10-14-4-2-3-5-15(14)12-18/h2-9H,10-12H2,1H3. The minimum Gasteiger partial charge on any atom is -0.462 e. The van der Waals surface area contributed by atoms with Gasteiger partial charge in [0.2, 0.25) is 5.91 Å². The molecule has 0 spiro atoms. The number of hydrogen-bond donors (Lipinski definition) is 0. The van der Waals surface area contributed by atoms with Gasteiger partial charge in [-0.25, -0.2) is 0 Å². The van der Waals surface area contributed by atoms with Gasteiger partial charge in [-0.3, -0.25) is 4.79 Å². The van der Waals surface area contributed by atoms with Gasteiger partial charge in [-0.2, -0.15) is 0 Å². The second-order valence-corrected chi connectivity index (χ2v) is 5.06. The first kappa shape index (κ1) is 12.7. The highest BCUT2D eigenvalue weighted by molar-refractivity contribution is 5.91. The largest absolute Gasteiger partial charge is 0.462 e. The van der Waals surface area contributed by atoms with Crippen molar-refractivity contribution in [2.45, 2.75) is 19.9 Å². The highest BCUT2D eigenvalue weighted by Crippen LogP contribution is 2.19. The van der Waals surface area contributed by atoms with Crippen LogP contribution in [-0.2, 0) is 17.8 Å². The molecule has 1 aliphatic rings. The predicted octanol–water partition coefficient (Wildman–Crippen LogP) is 3.19. The number of amides is 1. The van der Waals surface area contributed by atoms with E-state index in [1.165, 1.54) is 11.1 Å². The van der Waals surface area contributed by atoms with Crippen LogP contribution < -0.4 is 0 Å². The first-order valence-corrected chi connectivity index (χ1v) is 6.82. The van der Waals surface area contributed by atoms with Crippen molar-refractivity contribution in [3.63, 3.8) is 0 Å². The zero-order valence-electron chi connectivity index (χ0n) is 11.5. The van der Waals surface area contributed by atoms with Crippen LogP contribution >= 0.6 is 0 Å². The van der Waals surface area contributed by atoms with E-state index in [0.717, 1.165) is 18.7 Å². The number of hydrogen-bond acceptors (Lipinski definition) is 2. The van der Waals surface area contributed by atoms with E-state index >= 15 is 0 Å². The lowest BCUT2D eigenvalue weighted by Crippen LogP contribution is -2.34. The van der Waals surface area contributed by atoms with Crippen molar-refractivity contribution in [1.29, 1.82) is 0 Å². The third-order valence-corrected chi connectivity index (χ3v) is 3.59. The monoisotopic (exact) mass is 267 g/mol. The molecule has 2 aromatic rings. The van der Waals surface area contributed by atoms with E-state index in [9.17, 15) is 4.79 Å². The minimum absolute atomic E-state index is 0.0357. The predicted molar refractivity (Wildman–Crippen MR) is 78.0 cm³/mol. The van der Waals surface area contributed by atoms with Crippen molar-refractivity contribution in [1.82, 2.24) is 4.90 Å². The highest BCUT2D eigenvalue weighted by Gasteiger charge is 2.18. The summed E-state index contributed by atoms with van der Waals surface area (Å²) in [7, 11) is 0.